The van der Waals surface area contributed by atoms with Gasteiger partial charge in [-0.2, -0.15) is 18.4 Å². The van der Waals surface area contributed by atoms with E-state index in [9.17, 15) is 27.6 Å². The van der Waals surface area contributed by atoms with Crippen LogP contribution in [0, 0.1) is 17.1 Å². The number of carbonyl (C=O) groups excluding carboxylic acids is 1. The van der Waals surface area contributed by atoms with Gasteiger partial charge in [-0.1, -0.05) is 42.5 Å². The van der Waals surface area contributed by atoms with Crippen LogP contribution in [0.3, 0.4) is 0 Å². The Balaban J connectivity index is 1.80. The fourth-order valence-corrected chi connectivity index (χ4v) is 2.78. The van der Waals surface area contributed by atoms with Crippen LogP contribution in [0.2, 0.25) is 0 Å². The van der Waals surface area contributed by atoms with E-state index in [4.69, 9.17) is 4.74 Å². The third-order valence-corrected chi connectivity index (χ3v) is 4.37. The zero-order chi connectivity index (χ0) is 23.1. The fourth-order valence-electron chi connectivity index (χ4n) is 2.78. The number of ether oxygens (including phenoxy) is 1. The van der Waals surface area contributed by atoms with Gasteiger partial charge in [-0.15, -0.1) is 0 Å². The number of amides is 1. The van der Waals surface area contributed by atoms with Gasteiger partial charge < -0.3 is 10.1 Å². The molecule has 0 aliphatic rings. The van der Waals surface area contributed by atoms with Gasteiger partial charge in [0, 0.05) is 16.8 Å². The molecular weight excluding hydrogens is 424 g/mol. The van der Waals surface area contributed by atoms with Crippen LogP contribution in [-0.4, -0.2) is 5.91 Å². The molecule has 0 fully saturated rings. The molecule has 0 aliphatic heterocycles. The van der Waals surface area contributed by atoms with Crippen LogP contribution in [-0.2, 0) is 17.6 Å². The fraction of sp³-hybridized carbons (Fsp3) is 0.0833. The summed E-state index contributed by atoms with van der Waals surface area (Å²) in [4.78, 5) is 12.5. The van der Waals surface area contributed by atoms with Crippen LogP contribution in [0.25, 0.3) is 6.08 Å². The van der Waals surface area contributed by atoms with Gasteiger partial charge in [-0.05, 0) is 36.4 Å². The summed E-state index contributed by atoms with van der Waals surface area (Å²) in [6.07, 6.45) is -3.32. The topological polar surface area (TPSA) is 62.1 Å². The van der Waals surface area contributed by atoms with Crippen molar-refractivity contribution in [1.82, 2.24) is 0 Å². The van der Waals surface area contributed by atoms with Crippen LogP contribution in [0.5, 0.6) is 5.75 Å². The number of hydrogen-bond acceptors (Lipinski definition) is 3. The Labute approximate surface area is 181 Å². The molecule has 0 heterocycles. The zero-order valence-electron chi connectivity index (χ0n) is 16.5. The van der Waals surface area contributed by atoms with Gasteiger partial charge in [0.15, 0.2) is 0 Å². The first-order valence-corrected chi connectivity index (χ1v) is 9.33. The molecule has 0 saturated carbocycles. The number of halogens is 4. The van der Waals surface area contributed by atoms with E-state index in [-0.39, 0.29) is 17.9 Å². The Bertz CT molecular complexity index is 1200. The average molecular weight is 440 g/mol. The lowest BCUT2D eigenvalue weighted by molar-refractivity contribution is -0.137. The van der Waals surface area contributed by atoms with Crippen molar-refractivity contribution in [2.45, 2.75) is 12.8 Å². The second-order valence-corrected chi connectivity index (χ2v) is 6.62. The van der Waals surface area contributed by atoms with Crippen LogP contribution in [0.1, 0.15) is 16.7 Å². The van der Waals surface area contributed by atoms with Crippen molar-refractivity contribution in [3.8, 4) is 11.8 Å². The second-order valence-electron chi connectivity index (χ2n) is 6.62. The van der Waals surface area contributed by atoms with Crippen molar-refractivity contribution in [2.75, 3.05) is 5.32 Å². The summed E-state index contributed by atoms with van der Waals surface area (Å²) < 4.78 is 58.1. The number of nitrogens with one attached hydrogen (secondary N) is 1. The number of rotatable bonds is 6. The molecule has 0 radical (unpaired) electrons. The van der Waals surface area contributed by atoms with Gasteiger partial charge in [0.2, 0.25) is 0 Å². The Kier molecular flexibility index (Phi) is 6.90. The molecule has 162 valence electrons. The summed E-state index contributed by atoms with van der Waals surface area (Å²) in [5.41, 5.74) is -0.669. The number of nitrogens with zero attached hydrogens (tertiary/aromatic N) is 1. The van der Waals surface area contributed by atoms with Gasteiger partial charge in [0.1, 0.15) is 29.8 Å². The van der Waals surface area contributed by atoms with Crippen LogP contribution in [0.4, 0.5) is 23.2 Å². The highest BCUT2D eigenvalue weighted by molar-refractivity contribution is 6.09. The number of carbonyl (C=O) groups is 1. The molecule has 4 nitrogen and oxygen atoms in total. The molecule has 32 heavy (non-hydrogen) atoms. The first-order valence-electron chi connectivity index (χ1n) is 9.33. The van der Waals surface area contributed by atoms with E-state index >= 15 is 0 Å². The van der Waals surface area contributed by atoms with Crippen molar-refractivity contribution in [1.29, 1.82) is 5.26 Å². The number of nitriles is 1. The number of para-hydroxylation sites is 1. The van der Waals surface area contributed by atoms with Crippen molar-refractivity contribution >= 4 is 17.7 Å². The van der Waals surface area contributed by atoms with Gasteiger partial charge in [0.25, 0.3) is 5.91 Å². The predicted molar refractivity (Wildman–Crippen MR) is 111 cm³/mol. The number of hydrogen-bond donors (Lipinski definition) is 1. The molecule has 0 aromatic heterocycles. The molecule has 1 amide bonds. The number of anilines is 1. The monoisotopic (exact) mass is 440 g/mol. The Hall–Kier alpha value is -4.12. The first-order chi connectivity index (χ1) is 15.3. The molecule has 0 saturated heterocycles. The predicted octanol–water partition coefficient (Wildman–Crippen LogP) is 5.97. The summed E-state index contributed by atoms with van der Waals surface area (Å²) >= 11 is 0. The summed E-state index contributed by atoms with van der Waals surface area (Å²) in [5, 5.41) is 11.7. The SMILES string of the molecule is N#C/C(=C\c1ccccc1OCc1ccccc1F)C(=O)Nc1cccc(C(F)(F)F)c1. The normalized spacial score (nSPS) is 11.5. The van der Waals surface area contributed by atoms with Crippen molar-refractivity contribution < 1.29 is 27.1 Å². The molecule has 0 unspecified atom stereocenters. The van der Waals surface area contributed by atoms with Crippen molar-refractivity contribution in [3.05, 3.63) is 101 Å². The molecule has 1 N–H and O–H groups in total. The van der Waals surface area contributed by atoms with Crippen LogP contribution in [0.15, 0.2) is 78.4 Å². The lowest BCUT2D eigenvalue weighted by Gasteiger charge is -2.11. The molecule has 0 aliphatic carbocycles. The third-order valence-electron chi connectivity index (χ3n) is 4.37. The summed E-state index contributed by atoms with van der Waals surface area (Å²) in [7, 11) is 0. The molecule has 0 spiro atoms. The lowest BCUT2D eigenvalue weighted by atomic mass is 10.1. The highest BCUT2D eigenvalue weighted by Gasteiger charge is 2.30. The maximum atomic E-state index is 13.8. The highest BCUT2D eigenvalue weighted by atomic mass is 19.4. The van der Waals surface area contributed by atoms with E-state index in [1.807, 2.05) is 0 Å². The van der Waals surface area contributed by atoms with Crippen molar-refractivity contribution in [3.63, 3.8) is 0 Å². The molecular formula is C24H16F4N2O2. The second kappa shape index (κ2) is 9.79. The maximum Gasteiger partial charge on any atom is 0.416 e. The molecule has 0 atom stereocenters. The lowest BCUT2D eigenvalue weighted by Crippen LogP contribution is -2.14. The molecule has 3 rings (SSSR count). The smallest absolute Gasteiger partial charge is 0.416 e. The molecule has 3 aromatic carbocycles. The molecule has 3 aromatic rings. The van der Waals surface area contributed by atoms with Gasteiger partial charge >= 0.3 is 6.18 Å². The van der Waals surface area contributed by atoms with E-state index in [0.29, 0.717) is 16.9 Å². The Morgan fingerprint density at radius 1 is 1.03 bits per heavy atom. The van der Waals surface area contributed by atoms with E-state index in [1.54, 1.807) is 48.5 Å². The number of alkyl halides is 3. The zero-order valence-corrected chi connectivity index (χ0v) is 16.5. The van der Waals surface area contributed by atoms with Crippen LogP contribution < -0.4 is 10.1 Å². The minimum absolute atomic E-state index is 0.0736. The molecule has 0 bridgehead atoms. The minimum Gasteiger partial charge on any atom is -0.488 e. The Morgan fingerprint density at radius 3 is 2.47 bits per heavy atom. The van der Waals surface area contributed by atoms with E-state index in [0.717, 1.165) is 18.2 Å². The van der Waals surface area contributed by atoms with E-state index < -0.39 is 23.5 Å². The number of benzene rings is 3. The van der Waals surface area contributed by atoms with Gasteiger partial charge in [-0.25, -0.2) is 4.39 Å². The maximum absolute atomic E-state index is 13.8. The largest absolute Gasteiger partial charge is 0.488 e. The Morgan fingerprint density at radius 2 is 1.75 bits per heavy atom. The molecule has 8 heteroatoms. The summed E-state index contributed by atoms with van der Waals surface area (Å²) in [5.74, 6) is -1.01. The first kappa shape index (κ1) is 22.6. The van der Waals surface area contributed by atoms with Crippen LogP contribution >= 0.6 is 0 Å². The van der Waals surface area contributed by atoms with E-state index in [2.05, 4.69) is 5.32 Å². The minimum atomic E-state index is -4.57. The van der Waals surface area contributed by atoms with Gasteiger partial charge in [0.05, 0.1) is 5.56 Å². The van der Waals surface area contributed by atoms with Gasteiger partial charge in [-0.3, -0.25) is 4.79 Å². The summed E-state index contributed by atoms with van der Waals surface area (Å²) in [6, 6.07) is 18.4. The van der Waals surface area contributed by atoms with Crippen molar-refractivity contribution in [2.24, 2.45) is 0 Å². The average Bonchev–Trinajstić information content (AvgIpc) is 2.77. The van der Waals surface area contributed by atoms with E-state index in [1.165, 1.54) is 18.2 Å². The highest BCUT2D eigenvalue weighted by Crippen LogP contribution is 2.31. The quantitative estimate of drug-likeness (QED) is 0.292. The standard InChI is InChI=1S/C24H16F4N2O2/c25-21-10-3-1-7-17(21)15-32-22-11-4-2-6-16(22)12-18(14-29)23(31)30-20-9-5-8-19(13-20)24(26,27)28/h1-13H,15H2,(H,30,31)/b18-12+. The third kappa shape index (κ3) is 5.73. The summed E-state index contributed by atoms with van der Waals surface area (Å²) in [6.45, 7) is -0.0736.